The average Bonchev–Trinajstić information content (AvgIpc) is 3.10. The van der Waals surface area contributed by atoms with Crippen molar-refractivity contribution >= 4 is 78.1 Å². The monoisotopic (exact) mass is 682 g/mol. The molecule has 9 rings (SSSR count). The third-order valence-electron chi connectivity index (χ3n) is 11.4. The van der Waals surface area contributed by atoms with Crippen molar-refractivity contribution in [3.05, 3.63) is 128 Å². The highest BCUT2D eigenvalue weighted by Gasteiger charge is 2.39. The zero-order chi connectivity index (χ0) is 36.7. The van der Waals surface area contributed by atoms with E-state index in [9.17, 15) is 19.2 Å². The van der Waals surface area contributed by atoms with Crippen molar-refractivity contribution in [1.29, 1.82) is 0 Å². The topological polar surface area (TPSA) is 74.8 Å². The minimum atomic E-state index is -0.343. The summed E-state index contributed by atoms with van der Waals surface area (Å²) < 4.78 is 0. The van der Waals surface area contributed by atoms with E-state index >= 15 is 0 Å². The van der Waals surface area contributed by atoms with Crippen LogP contribution in [0.15, 0.2) is 72.8 Å². The van der Waals surface area contributed by atoms with Crippen LogP contribution in [0.2, 0.25) is 0 Å². The fourth-order valence-corrected chi connectivity index (χ4v) is 9.03. The molecule has 0 spiro atoms. The van der Waals surface area contributed by atoms with Crippen molar-refractivity contribution in [2.24, 2.45) is 0 Å². The quantitative estimate of drug-likeness (QED) is 0.105. The van der Waals surface area contributed by atoms with Gasteiger partial charge in [-0.25, -0.2) is 9.80 Å². The van der Waals surface area contributed by atoms with Gasteiger partial charge in [-0.05, 0) is 129 Å². The first-order chi connectivity index (χ1) is 24.8. The summed E-state index contributed by atoms with van der Waals surface area (Å²) in [5.41, 5.74) is 9.03. The van der Waals surface area contributed by atoms with E-state index in [0.717, 1.165) is 65.7 Å². The van der Waals surface area contributed by atoms with Gasteiger partial charge < -0.3 is 0 Å². The van der Waals surface area contributed by atoms with E-state index in [0.29, 0.717) is 56.2 Å². The molecule has 2 heterocycles. The van der Waals surface area contributed by atoms with E-state index in [4.69, 9.17) is 0 Å². The van der Waals surface area contributed by atoms with Gasteiger partial charge in [0.05, 0.1) is 11.4 Å². The second-order valence-electron chi connectivity index (χ2n) is 15.4. The molecule has 52 heavy (non-hydrogen) atoms. The molecule has 0 unspecified atom stereocenters. The second-order valence-corrected chi connectivity index (χ2v) is 15.4. The Morgan fingerprint density at radius 3 is 0.865 bits per heavy atom. The average molecular weight is 683 g/mol. The summed E-state index contributed by atoms with van der Waals surface area (Å²) in [4.78, 5) is 60.2. The molecule has 6 heteroatoms. The molecule has 256 valence electrons. The van der Waals surface area contributed by atoms with Gasteiger partial charge in [-0.3, -0.25) is 19.2 Å². The summed E-state index contributed by atoms with van der Waals surface area (Å²) in [6.07, 6.45) is 0. The number of nitrogens with zero attached hydrogens (tertiary/aromatic N) is 2. The maximum absolute atomic E-state index is 14.4. The highest BCUT2D eigenvalue weighted by molar-refractivity contribution is 6.45. The molecule has 0 saturated carbocycles. The second kappa shape index (κ2) is 10.8. The fourth-order valence-electron chi connectivity index (χ4n) is 9.03. The van der Waals surface area contributed by atoms with Gasteiger partial charge in [0.1, 0.15) is 0 Å². The van der Waals surface area contributed by atoms with E-state index < -0.39 is 0 Å². The van der Waals surface area contributed by atoms with Crippen LogP contribution in [0, 0.1) is 27.7 Å². The van der Waals surface area contributed by atoms with Gasteiger partial charge in [0.2, 0.25) is 0 Å². The van der Waals surface area contributed by atoms with Gasteiger partial charge in [0.15, 0.2) is 0 Å². The summed E-state index contributed by atoms with van der Waals surface area (Å²) in [6, 6.07) is 23.4. The predicted octanol–water partition coefficient (Wildman–Crippen LogP) is 10.8. The molecule has 0 bridgehead atoms. The van der Waals surface area contributed by atoms with Crippen molar-refractivity contribution in [3.63, 3.8) is 0 Å². The Morgan fingerprint density at radius 1 is 0.385 bits per heavy atom. The van der Waals surface area contributed by atoms with Crippen LogP contribution < -0.4 is 9.80 Å². The smallest absolute Gasteiger partial charge is 0.266 e. The van der Waals surface area contributed by atoms with Crippen molar-refractivity contribution in [2.45, 2.75) is 67.2 Å². The Labute approximate surface area is 302 Å². The van der Waals surface area contributed by atoms with Gasteiger partial charge >= 0.3 is 0 Å². The molecule has 0 fully saturated rings. The van der Waals surface area contributed by atoms with Crippen LogP contribution in [0.5, 0.6) is 0 Å². The van der Waals surface area contributed by atoms with E-state index in [1.165, 1.54) is 9.80 Å². The highest BCUT2D eigenvalue weighted by atomic mass is 16.2. The molecule has 7 aromatic carbocycles. The maximum atomic E-state index is 14.4. The third kappa shape index (κ3) is 4.06. The number of benzene rings is 7. The minimum Gasteiger partial charge on any atom is -0.268 e. The number of carbonyl (C=O) groups is 4. The zero-order valence-electron chi connectivity index (χ0n) is 30.6. The molecule has 0 radical (unpaired) electrons. The van der Waals surface area contributed by atoms with E-state index in [1.807, 2.05) is 76.2 Å². The van der Waals surface area contributed by atoms with E-state index in [2.05, 4.69) is 52.0 Å². The predicted molar refractivity (Wildman–Crippen MR) is 210 cm³/mol. The lowest BCUT2D eigenvalue weighted by Gasteiger charge is -2.32. The number of hydrogen-bond acceptors (Lipinski definition) is 4. The van der Waals surface area contributed by atoms with Gasteiger partial charge in [-0.15, -0.1) is 0 Å². The van der Waals surface area contributed by atoms with Gasteiger partial charge in [-0.2, -0.15) is 0 Å². The lowest BCUT2D eigenvalue weighted by atomic mass is 9.82. The van der Waals surface area contributed by atoms with E-state index in [1.54, 1.807) is 0 Å². The number of anilines is 2. The first kappa shape index (κ1) is 32.1. The highest BCUT2D eigenvalue weighted by Crippen LogP contribution is 2.48. The zero-order valence-corrected chi connectivity index (χ0v) is 30.6. The summed E-state index contributed by atoms with van der Waals surface area (Å²) in [6.45, 7) is 16.4. The van der Waals surface area contributed by atoms with Crippen LogP contribution >= 0.6 is 0 Å². The van der Waals surface area contributed by atoms with Gasteiger partial charge in [-0.1, -0.05) is 76.2 Å². The van der Waals surface area contributed by atoms with Crippen LogP contribution in [-0.2, 0) is 0 Å². The number of fused-ring (bicyclic) bond motifs is 2. The first-order valence-corrected chi connectivity index (χ1v) is 18.0. The molecular weight excluding hydrogens is 645 g/mol. The number of hydrogen-bond donors (Lipinski definition) is 0. The van der Waals surface area contributed by atoms with Crippen LogP contribution in [0.25, 0.3) is 43.1 Å². The lowest BCUT2D eigenvalue weighted by Crippen LogP contribution is -2.41. The fraction of sp³-hybridized carbons (Fsp3) is 0.217. The van der Waals surface area contributed by atoms with Crippen molar-refractivity contribution in [3.8, 4) is 0 Å². The minimum absolute atomic E-state index is 0.315. The number of amides is 4. The molecule has 2 aliphatic rings. The molecule has 6 nitrogen and oxygen atoms in total. The largest absolute Gasteiger partial charge is 0.268 e. The summed E-state index contributed by atoms with van der Waals surface area (Å²) in [5, 5.41) is 6.43. The van der Waals surface area contributed by atoms with Crippen LogP contribution in [0.4, 0.5) is 11.4 Å². The SMILES string of the molecule is Cc1cc(C(C)C)cc(C)c1N1C(=O)c2ccc3c4ccc5c6c(ccc(c7ccc(c2c37)C1=O)c64)C(=O)N(c1c(C)cc(C(C)C)cc1C)C5=O. The Hall–Kier alpha value is -5.88. The Bertz CT molecular complexity index is 2460. The van der Waals surface area contributed by atoms with Crippen LogP contribution in [-0.4, -0.2) is 23.6 Å². The number of carbonyl (C=O) groups excluding carboxylic acids is 4. The number of rotatable bonds is 4. The molecule has 4 amide bonds. The van der Waals surface area contributed by atoms with E-state index in [-0.39, 0.29) is 23.6 Å². The van der Waals surface area contributed by atoms with Crippen molar-refractivity contribution in [1.82, 2.24) is 0 Å². The number of imide groups is 2. The standard InChI is InChI=1S/C46H38N2O4/c1-21(2)27-17-23(5)41(24(6)18-27)47-43(49)33-13-9-29-31-11-15-35-40-36(16-12-32(38(31)40)30-10-14-34(44(47)50)39(33)37(29)30)46(52)48(45(35)51)42-25(7)19-28(22(3)4)20-26(42)8/h9-22H,1-8H3. The molecule has 0 N–H and O–H groups in total. The molecular formula is C46H38N2O4. The maximum Gasteiger partial charge on any atom is 0.266 e. The Morgan fingerprint density at radius 2 is 0.635 bits per heavy atom. The van der Waals surface area contributed by atoms with Gasteiger partial charge in [0.25, 0.3) is 23.6 Å². The van der Waals surface area contributed by atoms with Gasteiger partial charge in [0, 0.05) is 33.0 Å². The Balaban J connectivity index is 1.25. The lowest BCUT2D eigenvalue weighted by molar-refractivity contribution is 0.0877. The first-order valence-electron chi connectivity index (χ1n) is 18.0. The molecule has 2 aliphatic heterocycles. The summed E-state index contributed by atoms with van der Waals surface area (Å²) >= 11 is 0. The molecule has 7 aromatic rings. The molecule has 0 aliphatic carbocycles. The van der Waals surface area contributed by atoms with Crippen molar-refractivity contribution in [2.75, 3.05) is 9.80 Å². The Kier molecular flexibility index (Phi) is 6.67. The summed E-state index contributed by atoms with van der Waals surface area (Å²) in [7, 11) is 0. The third-order valence-corrected chi connectivity index (χ3v) is 11.4. The molecule has 0 aromatic heterocycles. The van der Waals surface area contributed by atoms with Crippen molar-refractivity contribution < 1.29 is 19.2 Å². The summed E-state index contributed by atoms with van der Waals surface area (Å²) in [5.74, 6) is -0.744. The van der Waals surface area contributed by atoms with Crippen LogP contribution in [0.3, 0.4) is 0 Å². The molecule has 0 saturated heterocycles. The van der Waals surface area contributed by atoms with Crippen LogP contribution in [0.1, 0.15) is 114 Å². The number of aryl methyl sites for hydroxylation is 4. The normalized spacial score (nSPS) is 14.6. The molecule has 0 atom stereocenters.